The summed E-state index contributed by atoms with van der Waals surface area (Å²) in [4.78, 5) is 0. The highest BCUT2D eigenvalue weighted by molar-refractivity contribution is 7.10. The predicted molar refractivity (Wildman–Crippen MR) is 69.9 cm³/mol. The Bertz CT molecular complexity index is 442. The number of aliphatic hydroxyl groups excluding tert-OH is 1. The van der Waals surface area contributed by atoms with Crippen LogP contribution in [0.25, 0.3) is 0 Å². The van der Waals surface area contributed by atoms with Crippen molar-refractivity contribution < 1.29 is 9.84 Å². The summed E-state index contributed by atoms with van der Waals surface area (Å²) in [7, 11) is 0. The molecule has 0 unspecified atom stereocenters. The van der Waals surface area contributed by atoms with Gasteiger partial charge in [0.1, 0.15) is 16.6 Å². The van der Waals surface area contributed by atoms with Crippen molar-refractivity contribution in [3.8, 4) is 6.07 Å². The SMILES string of the molecule is N#Cc1c(Cl)nsc1NC[C@H](O)COCC1CC1. The first-order valence-corrected chi connectivity index (χ1v) is 6.90. The normalized spacial score (nSPS) is 16.3. The summed E-state index contributed by atoms with van der Waals surface area (Å²) >= 11 is 6.85. The summed E-state index contributed by atoms with van der Waals surface area (Å²) in [5.41, 5.74) is 0.327. The topological polar surface area (TPSA) is 78.2 Å². The Balaban J connectivity index is 1.70. The summed E-state index contributed by atoms with van der Waals surface area (Å²) < 4.78 is 9.24. The van der Waals surface area contributed by atoms with Gasteiger partial charge in [0, 0.05) is 13.2 Å². The number of ether oxygens (including phenoxy) is 1. The molecule has 1 aromatic heterocycles. The molecule has 1 saturated carbocycles. The van der Waals surface area contributed by atoms with Crippen molar-refractivity contribution in [2.24, 2.45) is 5.92 Å². The van der Waals surface area contributed by atoms with Crippen LogP contribution < -0.4 is 5.32 Å². The summed E-state index contributed by atoms with van der Waals surface area (Å²) in [5.74, 6) is 0.690. The van der Waals surface area contributed by atoms with Crippen LogP contribution in [0.1, 0.15) is 18.4 Å². The number of hydrogen-bond donors (Lipinski definition) is 2. The molecule has 1 aliphatic carbocycles. The zero-order valence-corrected chi connectivity index (χ0v) is 11.3. The van der Waals surface area contributed by atoms with Gasteiger partial charge in [-0.15, -0.1) is 0 Å². The Kier molecular flexibility index (Phi) is 4.78. The maximum absolute atomic E-state index is 9.70. The minimum absolute atomic E-state index is 0.199. The van der Waals surface area contributed by atoms with Gasteiger partial charge in [-0.3, -0.25) is 0 Å². The van der Waals surface area contributed by atoms with Gasteiger partial charge in [-0.1, -0.05) is 11.6 Å². The minimum Gasteiger partial charge on any atom is -0.389 e. The van der Waals surface area contributed by atoms with E-state index < -0.39 is 6.10 Å². The molecule has 0 radical (unpaired) electrons. The van der Waals surface area contributed by atoms with Crippen LogP contribution in [0.4, 0.5) is 5.00 Å². The Hall–Kier alpha value is -0.870. The lowest BCUT2D eigenvalue weighted by Crippen LogP contribution is -2.25. The van der Waals surface area contributed by atoms with Crippen molar-refractivity contribution in [3.63, 3.8) is 0 Å². The largest absolute Gasteiger partial charge is 0.389 e. The van der Waals surface area contributed by atoms with Crippen molar-refractivity contribution in [3.05, 3.63) is 10.7 Å². The Morgan fingerprint density at radius 2 is 2.44 bits per heavy atom. The second-order valence-corrected chi connectivity index (χ2v) is 5.44. The molecule has 0 aromatic carbocycles. The van der Waals surface area contributed by atoms with Crippen molar-refractivity contribution in [1.29, 1.82) is 5.26 Å². The van der Waals surface area contributed by atoms with E-state index in [1.807, 2.05) is 6.07 Å². The van der Waals surface area contributed by atoms with Gasteiger partial charge >= 0.3 is 0 Å². The number of anilines is 1. The first kappa shape index (κ1) is 13.6. The number of nitrogens with one attached hydrogen (secondary N) is 1. The minimum atomic E-state index is -0.601. The Morgan fingerprint density at radius 3 is 3.11 bits per heavy atom. The zero-order chi connectivity index (χ0) is 13.0. The maximum Gasteiger partial charge on any atom is 0.162 e. The molecule has 0 aliphatic heterocycles. The lowest BCUT2D eigenvalue weighted by atomic mass is 10.3. The summed E-state index contributed by atoms with van der Waals surface area (Å²) in [6, 6.07) is 1.97. The lowest BCUT2D eigenvalue weighted by Gasteiger charge is -2.11. The van der Waals surface area contributed by atoms with Gasteiger partial charge in [0.15, 0.2) is 5.15 Å². The van der Waals surface area contributed by atoms with E-state index in [1.165, 1.54) is 12.8 Å². The number of aromatic nitrogens is 1. The molecule has 0 bridgehead atoms. The molecular weight excluding hydrogens is 274 g/mol. The molecule has 1 aromatic rings. The highest BCUT2D eigenvalue weighted by Gasteiger charge is 2.21. The lowest BCUT2D eigenvalue weighted by molar-refractivity contribution is 0.0386. The van der Waals surface area contributed by atoms with Crippen LogP contribution in [0.5, 0.6) is 0 Å². The zero-order valence-electron chi connectivity index (χ0n) is 9.73. The van der Waals surface area contributed by atoms with E-state index in [0.29, 0.717) is 29.6 Å². The van der Waals surface area contributed by atoms with Gasteiger partial charge in [-0.25, -0.2) is 0 Å². The second kappa shape index (κ2) is 6.34. The molecule has 1 atom stereocenters. The molecule has 0 spiro atoms. The standard InChI is InChI=1S/C11H14ClN3O2S/c12-10-9(3-13)11(18-15-10)14-4-8(16)6-17-5-7-1-2-7/h7-8,14,16H,1-2,4-6H2/t8-/m0/s1. The third-order valence-corrected chi connectivity index (χ3v) is 3.80. The molecule has 7 heteroatoms. The Morgan fingerprint density at radius 1 is 1.67 bits per heavy atom. The average molecular weight is 288 g/mol. The van der Waals surface area contributed by atoms with Crippen molar-refractivity contribution in [2.45, 2.75) is 18.9 Å². The molecule has 2 N–H and O–H groups in total. The van der Waals surface area contributed by atoms with Crippen LogP contribution >= 0.6 is 23.1 Å². The van der Waals surface area contributed by atoms with E-state index in [4.69, 9.17) is 21.6 Å². The first-order chi connectivity index (χ1) is 8.70. The monoisotopic (exact) mass is 287 g/mol. The molecule has 18 heavy (non-hydrogen) atoms. The molecule has 1 heterocycles. The summed E-state index contributed by atoms with van der Waals surface area (Å²) in [6.45, 7) is 1.35. The van der Waals surface area contributed by atoms with E-state index in [9.17, 15) is 5.11 Å². The number of rotatable bonds is 7. The number of halogens is 1. The van der Waals surface area contributed by atoms with Crippen LogP contribution in [0.15, 0.2) is 0 Å². The van der Waals surface area contributed by atoms with E-state index >= 15 is 0 Å². The third-order valence-electron chi connectivity index (χ3n) is 2.62. The first-order valence-electron chi connectivity index (χ1n) is 5.75. The van der Waals surface area contributed by atoms with E-state index in [0.717, 1.165) is 18.1 Å². The summed E-state index contributed by atoms with van der Waals surface area (Å²) in [5, 5.41) is 22.3. The molecular formula is C11H14ClN3O2S. The fraction of sp³-hybridized carbons (Fsp3) is 0.636. The molecule has 0 saturated heterocycles. The van der Waals surface area contributed by atoms with Gasteiger partial charge in [0.05, 0.1) is 12.7 Å². The second-order valence-electron chi connectivity index (χ2n) is 4.30. The molecule has 0 amide bonds. The number of nitriles is 1. The van der Waals surface area contributed by atoms with Gasteiger partial charge in [0.25, 0.3) is 0 Å². The van der Waals surface area contributed by atoms with Gasteiger partial charge in [-0.05, 0) is 30.3 Å². The van der Waals surface area contributed by atoms with Crippen LogP contribution in [0.3, 0.4) is 0 Å². The summed E-state index contributed by atoms with van der Waals surface area (Å²) in [6.07, 6.45) is 1.87. The van der Waals surface area contributed by atoms with Gasteiger partial charge in [0.2, 0.25) is 0 Å². The van der Waals surface area contributed by atoms with Crippen molar-refractivity contribution >= 4 is 28.1 Å². The third kappa shape index (κ3) is 3.82. The maximum atomic E-state index is 9.70. The quantitative estimate of drug-likeness (QED) is 0.800. The number of nitrogens with zero attached hydrogens (tertiary/aromatic N) is 2. The van der Waals surface area contributed by atoms with Crippen LogP contribution in [-0.4, -0.2) is 35.3 Å². The fourth-order valence-corrected chi connectivity index (χ4v) is 2.35. The molecule has 98 valence electrons. The molecule has 2 rings (SSSR count). The van der Waals surface area contributed by atoms with Crippen molar-refractivity contribution in [1.82, 2.24) is 4.37 Å². The number of aliphatic hydroxyl groups is 1. The predicted octanol–water partition coefficient (Wildman–Crippen LogP) is 1.87. The van der Waals surface area contributed by atoms with E-state index in [-0.39, 0.29) is 5.15 Å². The van der Waals surface area contributed by atoms with Crippen LogP contribution in [-0.2, 0) is 4.74 Å². The van der Waals surface area contributed by atoms with Gasteiger partial charge in [-0.2, -0.15) is 9.64 Å². The van der Waals surface area contributed by atoms with E-state index in [1.54, 1.807) is 0 Å². The highest BCUT2D eigenvalue weighted by Crippen LogP contribution is 2.29. The Labute approximate surface area is 114 Å². The molecule has 1 aliphatic rings. The van der Waals surface area contributed by atoms with E-state index in [2.05, 4.69) is 9.69 Å². The van der Waals surface area contributed by atoms with Gasteiger partial charge < -0.3 is 15.2 Å². The fourth-order valence-electron chi connectivity index (χ4n) is 1.41. The van der Waals surface area contributed by atoms with Crippen molar-refractivity contribution in [2.75, 3.05) is 25.1 Å². The molecule has 5 nitrogen and oxygen atoms in total. The number of hydrogen-bond acceptors (Lipinski definition) is 6. The smallest absolute Gasteiger partial charge is 0.162 e. The van der Waals surface area contributed by atoms with Crippen LogP contribution in [0, 0.1) is 17.2 Å². The highest BCUT2D eigenvalue weighted by atomic mass is 35.5. The van der Waals surface area contributed by atoms with Crippen LogP contribution in [0.2, 0.25) is 5.15 Å². The average Bonchev–Trinajstić information content (AvgIpc) is 3.10. The molecule has 1 fully saturated rings.